The summed E-state index contributed by atoms with van der Waals surface area (Å²) < 4.78 is 38.7. The summed E-state index contributed by atoms with van der Waals surface area (Å²) in [6.07, 6.45) is 2.47. The predicted molar refractivity (Wildman–Crippen MR) is 96.6 cm³/mol. The molecule has 0 heterocycles. The van der Waals surface area contributed by atoms with E-state index in [2.05, 4.69) is 0 Å². The molecule has 0 radical (unpaired) electrons. The molecule has 0 atom stereocenters. The number of hydrogen-bond acceptors (Lipinski definition) is 4. The third kappa shape index (κ3) is 5.27. The standard InChI is InChI=1S/C19H20O5S/c1-19(2,3)24-17(20)13-12-15-10-7-11-16(18(15)25(21,22)23)14-8-5-4-6-9-14/h4-13H,1-3H3,(H,21,22,23)/b13-12+. The second-order valence-corrected chi connectivity index (χ2v) is 7.79. The van der Waals surface area contributed by atoms with Crippen molar-refractivity contribution < 1.29 is 22.5 Å². The predicted octanol–water partition coefficient (Wildman–Crippen LogP) is 3.96. The number of hydrogen-bond donors (Lipinski definition) is 1. The van der Waals surface area contributed by atoms with Gasteiger partial charge in [0, 0.05) is 11.6 Å². The molecule has 1 N–H and O–H groups in total. The SMILES string of the molecule is CC(C)(C)OC(=O)/C=C/c1cccc(-c2ccccc2)c1S(=O)(=O)O. The van der Waals surface area contributed by atoms with E-state index in [9.17, 15) is 17.8 Å². The molecule has 0 aromatic heterocycles. The normalized spacial score (nSPS) is 12.3. The van der Waals surface area contributed by atoms with Gasteiger partial charge in [0.15, 0.2) is 0 Å². The fraction of sp³-hybridized carbons (Fsp3) is 0.211. The lowest BCUT2D eigenvalue weighted by atomic mass is 10.0. The Labute approximate surface area is 147 Å². The van der Waals surface area contributed by atoms with Gasteiger partial charge in [0.25, 0.3) is 10.1 Å². The molecular weight excluding hydrogens is 340 g/mol. The molecule has 0 saturated carbocycles. The lowest BCUT2D eigenvalue weighted by Gasteiger charge is -2.18. The van der Waals surface area contributed by atoms with E-state index in [-0.39, 0.29) is 10.5 Å². The topological polar surface area (TPSA) is 80.7 Å². The highest BCUT2D eigenvalue weighted by Gasteiger charge is 2.20. The molecule has 0 aliphatic rings. The Morgan fingerprint density at radius 3 is 2.24 bits per heavy atom. The van der Waals surface area contributed by atoms with Crippen molar-refractivity contribution >= 4 is 22.2 Å². The Kier molecular flexibility index (Phi) is 5.45. The maximum absolute atomic E-state index is 11.9. The summed E-state index contributed by atoms with van der Waals surface area (Å²) in [6, 6.07) is 13.6. The van der Waals surface area contributed by atoms with E-state index in [0.717, 1.165) is 6.08 Å². The molecule has 25 heavy (non-hydrogen) atoms. The van der Waals surface area contributed by atoms with Gasteiger partial charge in [0.2, 0.25) is 0 Å². The monoisotopic (exact) mass is 360 g/mol. The molecule has 2 rings (SSSR count). The van der Waals surface area contributed by atoms with Crippen LogP contribution >= 0.6 is 0 Å². The Morgan fingerprint density at radius 2 is 1.68 bits per heavy atom. The van der Waals surface area contributed by atoms with Crippen LogP contribution in [0.1, 0.15) is 26.3 Å². The minimum absolute atomic E-state index is 0.203. The second kappa shape index (κ2) is 7.21. The van der Waals surface area contributed by atoms with Crippen molar-refractivity contribution in [3.63, 3.8) is 0 Å². The Hall–Kier alpha value is -2.44. The molecule has 0 amide bonds. The minimum atomic E-state index is -4.50. The second-order valence-electron chi connectivity index (χ2n) is 6.43. The summed E-state index contributed by atoms with van der Waals surface area (Å²) in [5.41, 5.74) is 0.547. The molecule has 0 aliphatic heterocycles. The first kappa shape index (κ1) is 18.9. The van der Waals surface area contributed by atoms with Crippen molar-refractivity contribution in [2.24, 2.45) is 0 Å². The third-order valence-corrected chi connectivity index (χ3v) is 4.17. The average molecular weight is 360 g/mol. The molecule has 2 aromatic carbocycles. The zero-order valence-corrected chi connectivity index (χ0v) is 15.1. The quantitative estimate of drug-likeness (QED) is 0.507. The number of rotatable bonds is 4. The van der Waals surface area contributed by atoms with Gasteiger partial charge in [0.05, 0.1) is 0 Å². The Morgan fingerprint density at radius 1 is 1.04 bits per heavy atom. The first-order valence-corrected chi connectivity index (χ1v) is 9.09. The third-order valence-electron chi connectivity index (χ3n) is 3.19. The van der Waals surface area contributed by atoms with Crippen LogP contribution in [0.2, 0.25) is 0 Å². The van der Waals surface area contributed by atoms with Crippen molar-refractivity contribution in [3.8, 4) is 11.1 Å². The zero-order valence-electron chi connectivity index (χ0n) is 14.3. The van der Waals surface area contributed by atoms with Crippen LogP contribution < -0.4 is 0 Å². The molecule has 0 fully saturated rings. The van der Waals surface area contributed by atoms with E-state index >= 15 is 0 Å². The summed E-state index contributed by atoms with van der Waals surface area (Å²) in [4.78, 5) is 11.6. The van der Waals surface area contributed by atoms with E-state index in [4.69, 9.17) is 4.74 Å². The summed E-state index contributed by atoms with van der Waals surface area (Å²) in [6.45, 7) is 5.20. The van der Waals surface area contributed by atoms with Crippen LogP contribution in [-0.2, 0) is 19.6 Å². The van der Waals surface area contributed by atoms with Crippen molar-refractivity contribution in [2.75, 3.05) is 0 Å². The van der Waals surface area contributed by atoms with Crippen LogP contribution in [0.25, 0.3) is 17.2 Å². The largest absolute Gasteiger partial charge is 0.457 e. The maximum Gasteiger partial charge on any atom is 0.331 e. The molecule has 0 aliphatic carbocycles. The lowest BCUT2D eigenvalue weighted by Crippen LogP contribution is -2.22. The maximum atomic E-state index is 11.9. The summed E-state index contributed by atoms with van der Waals surface area (Å²) in [5, 5.41) is 0. The van der Waals surface area contributed by atoms with Gasteiger partial charge in [-0.05, 0) is 38.0 Å². The highest BCUT2D eigenvalue weighted by Crippen LogP contribution is 2.30. The highest BCUT2D eigenvalue weighted by molar-refractivity contribution is 7.86. The number of carbonyl (C=O) groups excluding carboxylic acids is 1. The van der Waals surface area contributed by atoms with Gasteiger partial charge < -0.3 is 4.74 Å². The fourth-order valence-corrected chi connectivity index (χ4v) is 3.21. The van der Waals surface area contributed by atoms with E-state index in [1.54, 1.807) is 57.2 Å². The molecule has 6 heteroatoms. The van der Waals surface area contributed by atoms with Crippen LogP contribution in [0.15, 0.2) is 59.5 Å². The molecule has 0 unspecified atom stereocenters. The fourth-order valence-electron chi connectivity index (χ4n) is 2.31. The molecule has 5 nitrogen and oxygen atoms in total. The van der Waals surface area contributed by atoms with Gasteiger partial charge in [-0.3, -0.25) is 4.55 Å². The summed E-state index contributed by atoms with van der Waals surface area (Å²) >= 11 is 0. The average Bonchev–Trinajstić information content (AvgIpc) is 2.51. The highest BCUT2D eigenvalue weighted by atomic mass is 32.2. The minimum Gasteiger partial charge on any atom is -0.457 e. The molecule has 0 spiro atoms. The summed E-state index contributed by atoms with van der Waals surface area (Å²) in [7, 11) is -4.50. The van der Waals surface area contributed by atoms with Crippen LogP contribution in [0.4, 0.5) is 0 Å². The number of esters is 1. The van der Waals surface area contributed by atoms with Gasteiger partial charge in [-0.1, -0.05) is 48.5 Å². The Balaban J connectivity index is 2.51. The lowest BCUT2D eigenvalue weighted by molar-refractivity contribution is -0.148. The van der Waals surface area contributed by atoms with Crippen molar-refractivity contribution in [1.29, 1.82) is 0 Å². The van der Waals surface area contributed by atoms with Crippen LogP contribution in [0, 0.1) is 0 Å². The van der Waals surface area contributed by atoms with Crippen molar-refractivity contribution in [3.05, 3.63) is 60.2 Å². The van der Waals surface area contributed by atoms with E-state index in [1.165, 1.54) is 12.1 Å². The number of benzene rings is 2. The Bertz CT molecular complexity index is 891. The van der Waals surface area contributed by atoms with Gasteiger partial charge in [-0.2, -0.15) is 8.42 Å². The molecule has 2 aromatic rings. The van der Waals surface area contributed by atoms with E-state index in [0.29, 0.717) is 11.1 Å². The van der Waals surface area contributed by atoms with Crippen LogP contribution in [-0.4, -0.2) is 24.5 Å². The molecule has 132 valence electrons. The van der Waals surface area contributed by atoms with Gasteiger partial charge >= 0.3 is 5.97 Å². The number of carbonyl (C=O) groups is 1. The number of ether oxygens (including phenoxy) is 1. The molecule has 0 bridgehead atoms. The van der Waals surface area contributed by atoms with Crippen molar-refractivity contribution in [1.82, 2.24) is 0 Å². The van der Waals surface area contributed by atoms with Crippen LogP contribution in [0.3, 0.4) is 0 Å². The first-order valence-electron chi connectivity index (χ1n) is 7.65. The molecular formula is C19H20O5S. The smallest absolute Gasteiger partial charge is 0.331 e. The zero-order chi connectivity index (χ0) is 18.7. The molecule has 0 saturated heterocycles. The van der Waals surface area contributed by atoms with Gasteiger partial charge in [-0.25, -0.2) is 4.79 Å². The van der Waals surface area contributed by atoms with Gasteiger partial charge in [0.1, 0.15) is 10.5 Å². The van der Waals surface area contributed by atoms with E-state index in [1.807, 2.05) is 6.07 Å². The summed E-state index contributed by atoms with van der Waals surface area (Å²) in [5.74, 6) is -0.598. The van der Waals surface area contributed by atoms with Crippen molar-refractivity contribution in [2.45, 2.75) is 31.3 Å². The van der Waals surface area contributed by atoms with E-state index < -0.39 is 21.7 Å². The van der Waals surface area contributed by atoms with Gasteiger partial charge in [-0.15, -0.1) is 0 Å². The first-order chi connectivity index (χ1) is 11.6. The van der Waals surface area contributed by atoms with Crippen LogP contribution in [0.5, 0.6) is 0 Å².